The van der Waals surface area contributed by atoms with Crippen molar-refractivity contribution >= 4 is 33.2 Å². The average Bonchev–Trinajstić information content (AvgIpc) is 3.18. The van der Waals surface area contributed by atoms with E-state index < -0.39 is 61.2 Å². The van der Waals surface area contributed by atoms with Crippen LogP contribution in [0.25, 0.3) is 5.69 Å². The molecule has 0 saturated heterocycles. The van der Waals surface area contributed by atoms with Crippen LogP contribution in [0.5, 0.6) is 0 Å². The maximum Gasteiger partial charge on any atom is 0.419 e. The van der Waals surface area contributed by atoms with E-state index in [0.717, 1.165) is 24.3 Å². The number of benzene rings is 2. The zero-order chi connectivity index (χ0) is 23.8. The van der Waals surface area contributed by atoms with Gasteiger partial charge in [0.2, 0.25) is 15.9 Å². The fraction of sp³-hybridized carbons (Fsp3) is 0.111. The van der Waals surface area contributed by atoms with Crippen LogP contribution in [0.4, 0.5) is 27.6 Å². The molecule has 14 heteroatoms. The van der Waals surface area contributed by atoms with Crippen molar-refractivity contribution in [3.05, 3.63) is 70.5 Å². The van der Waals surface area contributed by atoms with Crippen LogP contribution in [-0.2, 0) is 27.4 Å². The van der Waals surface area contributed by atoms with Crippen molar-refractivity contribution in [2.45, 2.75) is 17.5 Å². The summed E-state index contributed by atoms with van der Waals surface area (Å²) in [6.07, 6.45) is -4.32. The molecule has 0 atom stereocenters. The van der Waals surface area contributed by atoms with E-state index in [1.54, 1.807) is 0 Å². The first-order chi connectivity index (χ1) is 14.8. The molecule has 1 amide bonds. The minimum absolute atomic E-state index is 0.126. The van der Waals surface area contributed by atoms with Gasteiger partial charge < -0.3 is 5.32 Å². The van der Waals surface area contributed by atoms with Crippen LogP contribution in [0.3, 0.4) is 0 Å². The molecule has 0 aliphatic heterocycles. The van der Waals surface area contributed by atoms with Gasteiger partial charge in [0, 0.05) is 17.4 Å². The molecule has 0 aliphatic rings. The number of alkyl halides is 3. The molecule has 3 N–H and O–H groups in total. The third kappa shape index (κ3) is 5.06. The van der Waals surface area contributed by atoms with Gasteiger partial charge in [-0.2, -0.15) is 18.3 Å². The largest absolute Gasteiger partial charge is 0.419 e. The smallest absolute Gasteiger partial charge is 0.326 e. The van der Waals surface area contributed by atoms with E-state index in [1.807, 2.05) is 0 Å². The van der Waals surface area contributed by atoms with Crippen molar-refractivity contribution in [3.8, 4) is 5.69 Å². The molecule has 2 aromatic carbocycles. The third-order valence-electron chi connectivity index (χ3n) is 4.18. The molecule has 3 aromatic rings. The fourth-order valence-electron chi connectivity index (χ4n) is 2.71. The number of hydrogen-bond acceptors (Lipinski definition) is 4. The second-order valence-electron chi connectivity index (χ2n) is 6.45. The SMILES string of the molecule is NS(=O)(=O)c1cc(NC(=O)Cc2c(F)ccc(F)c2Cl)ccc1-n1cc(C(F)(F)F)cn1. The van der Waals surface area contributed by atoms with Crippen molar-refractivity contribution in [1.29, 1.82) is 0 Å². The Balaban J connectivity index is 1.92. The van der Waals surface area contributed by atoms with Gasteiger partial charge in [0.1, 0.15) is 16.5 Å². The number of rotatable bonds is 5. The Labute approximate surface area is 182 Å². The molecular weight excluding hydrogens is 483 g/mol. The molecule has 0 spiro atoms. The molecule has 7 nitrogen and oxygen atoms in total. The number of carbonyl (C=O) groups excluding carboxylic acids is 1. The zero-order valence-electron chi connectivity index (χ0n) is 15.6. The summed E-state index contributed by atoms with van der Waals surface area (Å²) in [7, 11) is -4.47. The second kappa shape index (κ2) is 8.48. The van der Waals surface area contributed by atoms with Gasteiger partial charge in [-0.25, -0.2) is 27.0 Å². The Kier molecular flexibility index (Phi) is 6.26. The zero-order valence-corrected chi connectivity index (χ0v) is 17.2. The van der Waals surface area contributed by atoms with Crippen molar-refractivity contribution in [2.24, 2.45) is 5.14 Å². The van der Waals surface area contributed by atoms with Crippen LogP contribution in [-0.4, -0.2) is 24.1 Å². The highest BCUT2D eigenvalue weighted by Gasteiger charge is 2.32. The van der Waals surface area contributed by atoms with Gasteiger partial charge >= 0.3 is 6.18 Å². The molecule has 0 fully saturated rings. The Hall–Kier alpha value is -3.03. The summed E-state index contributed by atoms with van der Waals surface area (Å²) in [6.45, 7) is 0. The number of amides is 1. The highest BCUT2D eigenvalue weighted by Crippen LogP contribution is 2.31. The Morgan fingerprint density at radius 1 is 1.16 bits per heavy atom. The van der Waals surface area contributed by atoms with Crippen LogP contribution in [0.1, 0.15) is 11.1 Å². The lowest BCUT2D eigenvalue weighted by atomic mass is 10.1. The lowest BCUT2D eigenvalue weighted by molar-refractivity contribution is -0.137. The molecule has 1 heterocycles. The van der Waals surface area contributed by atoms with Crippen LogP contribution < -0.4 is 10.5 Å². The van der Waals surface area contributed by atoms with Gasteiger partial charge in [-0.15, -0.1) is 0 Å². The molecule has 32 heavy (non-hydrogen) atoms. The van der Waals surface area contributed by atoms with E-state index in [9.17, 15) is 35.2 Å². The minimum Gasteiger partial charge on any atom is -0.326 e. The van der Waals surface area contributed by atoms with Crippen LogP contribution in [0.2, 0.25) is 5.02 Å². The molecule has 0 radical (unpaired) electrons. The van der Waals surface area contributed by atoms with Crippen LogP contribution in [0, 0.1) is 11.6 Å². The summed E-state index contributed by atoms with van der Waals surface area (Å²) in [5.74, 6) is -2.73. The minimum atomic E-state index is -4.71. The number of aromatic nitrogens is 2. The van der Waals surface area contributed by atoms with Gasteiger partial charge in [-0.3, -0.25) is 4.79 Å². The summed E-state index contributed by atoms with van der Waals surface area (Å²) in [6, 6.07) is 4.70. The normalized spacial score (nSPS) is 12.1. The summed E-state index contributed by atoms with van der Waals surface area (Å²) >= 11 is 5.67. The average molecular weight is 495 g/mol. The first-order valence-corrected chi connectivity index (χ1v) is 10.4. The van der Waals surface area contributed by atoms with E-state index >= 15 is 0 Å². The Morgan fingerprint density at radius 3 is 2.41 bits per heavy atom. The quantitative estimate of drug-likeness (QED) is 0.417. The van der Waals surface area contributed by atoms with E-state index in [2.05, 4.69) is 10.4 Å². The molecular formula is C18H12ClF5N4O3S. The lowest BCUT2D eigenvalue weighted by Crippen LogP contribution is -2.19. The maximum atomic E-state index is 13.9. The highest BCUT2D eigenvalue weighted by atomic mass is 35.5. The molecule has 0 aliphatic carbocycles. The molecule has 1 aromatic heterocycles. The monoisotopic (exact) mass is 494 g/mol. The Bertz CT molecular complexity index is 1310. The summed E-state index contributed by atoms with van der Waals surface area (Å²) in [4.78, 5) is 11.6. The predicted molar refractivity (Wildman–Crippen MR) is 104 cm³/mol. The van der Waals surface area contributed by atoms with E-state index in [0.29, 0.717) is 17.1 Å². The van der Waals surface area contributed by atoms with E-state index in [-0.39, 0.29) is 11.4 Å². The number of hydrogen-bond donors (Lipinski definition) is 2. The number of halogens is 6. The van der Waals surface area contributed by atoms with E-state index in [4.69, 9.17) is 16.7 Å². The summed E-state index contributed by atoms with van der Waals surface area (Å²) < 4.78 is 90.4. The summed E-state index contributed by atoms with van der Waals surface area (Å²) in [5, 5.41) is 10.3. The number of sulfonamides is 1. The standard InChI is InChI=1S/C18H12ClF5N4O3S/c19-17-11(12(20)2-3-13(17)21)6-16(29)27-10-1-4-14(15(5-10)32(25,30)31)28-8-9(7-26-28)18(22,23)24/h1-5,7-8H,6H2,(H,27,29)(H2,25,30,31). The molecule has 0 unspecified atom stereocenters. The van der Waals surface area contributed by atoms with Crippen molar-refractivity contribution in [1.82, 2.24) is 9.78 Å². The summed E-state index contributed by atoms with van der Waals surface area (Å²) in [5.41, 5.74) is -1.97. The lowest BCUT2D eigenvalue weighted by Gasteiger charge is -2.12. The molecule has 170 valence electrons. The van der Waals surface area contributed by atoms with Crippen molar-refractivity contribution in [2.75, 3.05) is 5.32 Å². The van der Waals surface area contributed by atoms with E-state index in [1.165, 1.54) is 6.07 Å². The number of carbonyl (C=O) groups is 1. The van der Waals surface area contributed by atoms with Crippen LogP contribution in [0.15, 0.2) is 47.6 Å². The second-order valence-corrected chi connectivity index (χ2v) is 8.35. The number of anilines is 1. The van der Waals surface area contributed by atoms with Gasteiger partial charge in [0.25, 0.3) is 0 Å². The molecule has 0 bridgehead atoms. The Morgan fingerprint density at radius 2 is 1.81 bits per heavy atom. The molecule has 3 rings (SSSR count). The van der Waals surface area contributed by atoms with Gasteiger partial charge in [-0.05, 0) is 30.3 Å². The van der Waals surface area contributed by atoms with Gasteiger partial charge in [0.05, 0.1) is 28.9 Å². The topological polar surface area (TPSA) is 107 Å². The number of nitrogens with zero attached hydrogens (tertiary/aromatic N) is 2. The molecule has 0 saturated carbocycles. The predicted octanol–water partition coefficient (Wildman–Crippen LogP) is 3.65. The highest BCUT2D eigenvalue weighted by molar-refractivity contribution is 7.89. The number of nitrogens with two attached hydrogens (primary N) is 1. The van der Waals surface area contributed by atoms with Crippen molar-refractivity contribution < 1.29 is 35.2 Å². The maximum absolute atomic E-state index is 13.9. The fourth-order valence-corrected chi connectivity index (χ4v) is 3.67. The van der Waals surface area contributed by atoms with Crippen molar-refractivity contribution in [3.63, 3.8) is 0 Å². The van der Waals surface area contributed by atoms with Gasteiger partial charge in [0.15, 0.2) is 0 Å². The number of primary sulfonamides is 1. The van der Waals surface area contributed by atoms with Crippen LogP contribution >= 0.6 is 11.6 Å². The number of nitrogens with one attached hydrogen (secondary N) is 1. The first kappa shape index (κ1) is 23.6. The van der Waals surface area contributed by atoms with Gasteiger partial charge in [-0.1, -0.05) is 11.6 Å². The first-order valence-electron chi connectivity index (χ1n) is 8.48. The third-order valence-corrected chi connectivity index (χ3v) is 5.53.